The quantitative estimate of drug-likeness (QED) is 0.350. The third kappa shape index (κ3) is 4.84. The number of carbonyl (C=O) groups is 2. The lowest BCUT2D eigenvalue weighted by atomic mass is 9.93. The van der Waals surface area contributed by atoms with E-state index in [-0.39, 0.29) is 17.5 Å². The van der Waals surface area contributed by atoms with E-state index in [1.54, 1.807) is 17.2 Å². The molecule has 6 rings (SSSR count). The number of carbonyl (C=O) groups excluding carboxylic acids is 2. The van der Waals surface area contributed by atoms with E-state index in [1.807, 2.05) is 96.7 Å². The van der Waals surface area contributed by atoms with Crippen molar-refractivity contribution in [3.05, 3.63) is 131 Å². The van der Waals surface area contributed by atoms with Gasteiger partial charge in [0.15, 0.2) is 11.5 Å². The van der Waals surface area contributed by atoms with E-state index in [0.717, 1.165) is 28.1 Å². The molecule has 1 aliphatic heterocycles. The first-order valence-electron chi connectivity index (χ1n) is 12.8. The van der Waals surface area contributed by atoms with Crippen molar-refractivity contribution in [3.8, 4) is 11.3 Å². The summed E-state index contributed by atoms with van der Waals surface area (Å²) in [4.78, 5) is 33.3. The third-order valence-electron chi connectivity index (χ3n) is 7.12. The lowest BCUT2D eigenvalue weighted by Crippen LogP contribution is -2.38. The van der Waals surface area contributed by atoms with Crippen LogP contribution in [0.2, 0.25) is 0 Å². The van der Waals surface area contributed by atoms with E-state index in [4.69, 9.17) is 4.52 Å². The van der Waals surface area contributed by atoms with Gasteiger partial charge >= 0.3 is 0 Å². The standard InChI is InChI=1S/C31H27N5O3/c1-35-18-16-32-29(35)28(23-11-6-3-7-12-23)33-30(37)24-14-8-13-21-15-17-36(20-25(21)24)31(38)26-19-27(39-34-26)22-9-4-2-5-10-22/h2-14,16,18-19,28H,15,17,20H2,1H3,(H,33,37). The summed E-state index contributed by atoms with van der Waals surface area (Å²) < 4.78 is 7.36. The van der Waals surface area contributed by atoms with Gasteiger partial charge in [-0.15, -0.1) is 0 Å². The number of aryl methyl sites for hydroxylation is 1. The van der Waals surface area contributed by atoms with Crippen LogP contribution in [0.25, 0.3) is 11.3 Å². The van der Waals surface area contributed by atoms with Gasteiger partial charge in [-0.05, 0) is 29.2 Å². The Kier molecular flexibility index (Phi) is 6.50. The molecule has 3 aromatic carbocycles. The number of rotatable bonds is 6. The minimum atomic E-state index is -0.428. The molecule has 5 aromatic rings. The van der Waals surface area contributed by atoms with Crippen LogP contribution in [0, 0.1) is 0 Å². The Morgan fingerprint density at radius 3 is 2.49 bits per heavy atom. The fourth-order valence-corrected chi connectivity index (χ4v) is 5.05. The molecule has 0 spiro atoms. The largest absolute Gasteiger partial charge is 0.355 e. The van der Waals surface area contributed by atoms with Crippen LogP contribution in [0.4, 0.5) is 0 Å². The molecule has 8 nitrogen and oxygen atoms in total. The second-order valence-electron chi connectivity index (χ2n) is 9.58. The predicted octanol–water partition coefficient (Wildman–Crippen LogP) is 4.79. The van der Waals surface area contributed by atoms with E-state index >= 15 is 0 Å². The molecule has 2 aromatic heterocycles. The third-order valence-corrected chi connectivity index (χ3v) is 7.12. The predicted molar refractivity (Wildman–Crippen MR) is 146 cm³/mol. The van der Waals surface area contributed by atoms with Crippen molar-refractivity contribution in [1.29, 1.82) is 0 Å². The molecular formula is C31H27N5O3. The Bertz CT molecular complexity index is 1620. The van der Waals surface area contributed by atoms with Gasteiger partial charge < -0.3 is 19.3 Å². The minimum absolute atomic E-state index is 0.217. The Labute approximate surface area is 225 Å². The van der Waals surface area contributed by atoms with Crippen LogP contribution in [-0.2, 0) is 20.0 Å². The molecule has 1 N–H and O–H groups in total. The summed E-state index contributed by atoms with van der Waals surface area (Å²) in [5, 5.41) is 7.22. The molecule has 39 heavy (non-hydrogen) atoms. The normalized spacial score (nSPS) is 13.5. The second-order valence-corrected chi connectivity index (χ2v) is 9.58. The van der Waals surface area contributed by atoms with Crippen molar-refractivity contribution in [2.45, 2.75) is 19.0 Å². The van der Waals surface area contributed by atoms with Gasteiger partial charge in [0.2, 0.25) is 0 Å². The zero-order valence-electron chi connectivity index (χ0n) is 21.4. The average Bonchev–Trinajstić information content (AvgIpc) is 3.65. The number of fused-ring (bicyclic) bond motifs is 1. The average molecular weight is 518 g/mol. The Morgan fingerprint density at radius 2 is 1.74 bits per heavy atom. The molecule has 0 aliphatic carbocycles. The van der Waals surface area contributed by atoms with E-state index < -0.39 is 6.04 Å². The van der Waals surface area contributed by atoms with E-state index in [9.17, 15) is 9.59 Å². The molecule has 1 unspecified atom stereocenters. The van der Waals surface area contributed by atoms with Gasteiger partial charge in [-0.2, -0.15) is 0 Å². The van der Waals surface area contributed by atoms with Gasteiger partial charge in [0, 0.05) is 49.7 Å². The summed E-state index contributed by atoms with van der Waals surface area (Å²) in [5.74, 6) is 0.830. The van der Waals surface area contributed by atoms with Gasteiger partial charge in [0.05, 0.1) is 0 Å². The Balaban J connectivity index is 1.25. The first kappa shape index (κ1) is 24.4. The van der Waals surface area contributed by atoms with Crippen LogP contribution in [0.3, 0.4) is 0 Å². The van der Waals surface area contributed by atoms with Crippen LogP contribution >= 0.6 is 0 Å². The monoisotopic (exact) mass is 517 g/mol. The number of aromatic nitrogens is 3. The lowest BCUT2D eigenvalue weighted by Gasteiger charge is -2.30. The summed E-state index contributed by atoms with van der Waals surface area (Å²) in [5.41, 5.74) is 4.48. The summed E-state index contributed by atoms with van der Waals surface area (Å²) in [6.45, 7) is 0.841. The molecule has 0 fully saturated rings. The smallest absolute Gasteiger partial charge is 0.276 e. The second kappa shape index (κ2) is 10.4. The summed E-state index contributed by atoms with van der Waals surface area (Å²) in [7, 11) is 1.91. The molecule has 194 valence electrons. The van der Waals surface area contributed by atoms with Crippen LogP contribution in [-0.4, -0.2) is 38.0 Å². The van der Waals surface area contributed by atoms with Crippen LogP contribution in [0.5, 0.6) is 0 Å². The van der Waals surface area contributed by atoms with E-state index in [1.165, 1.54) is 0 Å². The molecule has 2 amide bonds. The zero-order valence-corrected chi connectivity index (χ0v) is 21.4. The topological polar surface area (TPSA) is 93.3 Å². The zero-order chi connectivity index (χ0) is 26.8. The summed E-state index contributed by atoms with van der Waals surface area (Å²) in [6.07, 6.45) is 4.23. The van der Waals surface area contributed by atoms with E-state index in [0.29, 0.717) is 30.8 Å². The maximum atomic E-state index is 13.7. The van der Waals surface area contributed by atoms with Crippen molar-refractivity contribution in [1.82, 2.24) is 24.9 Å². The molecule has 0 saturated carbocycles. The van der Waals surface area contributed by atoms with Crippen LogP contribution < -0.4 is 5.32 Å². The molecule has 0 radical (unpaired) electrons. The fourth-order valence-electron chi connectivity index (χ4n) is 5.05. The highest BCUT2D eigenvalue weighted by Gasteiger charge is 2.29. The number of benzene rings is 3. The molecule has 8 heteroatoms. The van der Waals surface area contributed by atoms with Crippen molar-refractivity contribution < 1.29 is 14.1 Å². The first-order chi connectivity index (χ1) is 19.1. The SMILES string of the molecule is Cn1ccnc1C(NC(=O)c1cccc2c1CN(C(=O)c1cc(-c3ccccc3)on1)CC2)c1ccccc1. The maximum Gasteiger partial charge on any atom is 0.276 e. The Hall–Kier alpha value is -4.98. The lowest BCUT2D eigenvalue weighted by molar-refractivity contribution is 0.0721. The van der Waals surface area contributed by atoms with Gasteiger partial charge in [-0.3, -0.25) is 9.59 Å². The van der Waals surface area contributed by atoms with Crippen molar-refractivity contribution >= 4 is 11.8 Å². The summed E-state index contributed by atoms with van der Waals surface area (Å²) in [6, 6.07) is 26.3. The fraction of sp³-hybridized carbons (Fsp3) is 0.161. The van der Waals surface area contributed by atoms with Crippen LogP contribution in [0.1, 0.15) is 49.4 Å². The number of hydrogen-bond donors (Lipinski definition) is 1. The van der Waals surface area contributed by atoms with Crippen LogP contribution in [0.15, 0.2) is 102 Å². The van der Waals surface area contributed by atoms with Crippen molar-refractivity contribution in [2.24, 2.45) is 7.05 Å². The van der Waals surface area contributed by atoms with Gasteiger partial charge in [0.25, 0.3) is 11.8 Å². The number of imidazole rings is 1. The highest BCUT2D eigenvalue weighted by molar-refractivity contribution is 5.97. The molecule has 3 heterocycles. The molecule has 1 atom stereocenters. The highest BCUT2D eigenvalue weighted by Crippen LogP contribution is 2.27. The van der Waals surface area contributed by atoms with Gasteiger partial charge in [-0.1, -0.05) is 78.0 Å². The van der Waals surface area contributed by atoms with E-state index in [2.05, 4.69) is 15.5 Å². The molecule has 0 bridgehead atoms. The van der Waals surface area contributed by atoms with Crippen molar-refractivity contribution in [2.75, 3.05) is 6.54 Å². The highest BCUT2D eigenvalue weighted by atomic mass is 16.5. The molecular weight excluding hydrogens is 490 g/mol. The Morgan fingerprint density at radius 1 is 0.974 bits per heavy atom. The number of hydrogen-bond acceptors (Lipinski definition) is 5. The minimum Gasteiger partial charge on any atom is -0.355 e. The number of nitrogens with one attached hydrogen (secondary N) is 1. The molecule has 0 saturated heterocycles. The number of amides is 2. The van der Waals surface area contributed by atoms with Gasteiger partial charge in [-0.25, -0.2) is 4.98 Å². The van der Waals surface area contributed by atoms with Gasteiger partial charge in [0.1, 0.15) is 11.9 Å². The summed E-state index contributed by atoms with van der Waals surface area (Å²) >= 11 is 0. The first-order valence-corrected chi connectivity index (χ1v) is 12.8. The van der Waals surface area contributed by atoms with Crippen molar-refractivity contribution in [3.63, 3.8) is 0 Å². The number of nitrogens with zero attached hydrogens (tertiary/aromatic N) is 4. The molecule has 1 aliphatic rings. The maximum absolute atomic E-state index is 13.7.